The molecule has 10 heteroatoms. The summed E-state index contributed by atoms with van der Waals surface area (Å²) in [5.74, 6) is 0.414. The van der Waals surface area contributed by atoms with Gasteiger partial charge in [-0.15, -0.1) is 10.2 Å². The summed E-state index contributed by atoms with van der Waals surface area (Å²) in [7, 11) is 3.32. The lowest BCUT2D eigenvalue weighted by Crippen LogP contribution is -2.15. The SMILES string of the molecule is COc1ccccc1NC(=O)c1ccc(NC(=O)CSc2nnc(-c3ccc(F)cc3)n2C)cc1. The fourth-order valence-corrected chi connectivity index (χ4v) is 3.98. The standard InChI is InChI=1S/C25H22FN5O3S/c1-31-23(16-7-11-18(26)12-8-16)29-30-25(31)35-15-22(32)27-19-13-9-17(10-14-19)24(33)28-20-5-3-4-6-21(20)34-2/h3-14H,15H2,1-2H3,(H,27,32)(H,28,33). The molecule has 0 atom stereocenters. The number of hydrogen-bond donors (Lipinski definition) is 2. The molecule has 0 saturated heterocycles. The Labute approximate surface area is 205 Å². The van der Waals surface area contributed by atoms with Gasteiger partial charge in [-0.05, 0) is 60.7 Å². The number of nitrogens with one attached hydrogen (secondary N) is 2. The highest BCUT2D eigenvalue weighted by molar-refractivity contribution is 7.99. The summed E-state index contributed by atoms with van der Waals surface area (Å²) in [5.41, 5.74) is 2.30. The number of halogens is 1. The molecule has 0 unspecified atom stereocenters. The molecule has 35 heavy (non-hydrogen) atoms. The first-order valence-corrected chi connectivity index (χ1v) is 11.6. The number of rotatable bonds is 8. The van der Waals surface area contributed by atoms with E-state index in [4.69, 9.17) is 4.74 Å². The number of methoxy groups -OCH3 is 1. The number of anilines is 2. The van der Waals surface area contributed by atoms with E-state index in [1.165, 1.54) is 31.0 Å². The highest BCUT2D eigenvalue weighted by Crippen LogP contribution is 2.25. The van der Waals surface area contributed by atoms with Crippen molar-refractivity contribution in [3.8, 4) is 17.1 Å². The second-order valence-electron chi connectivity index (χ2n) is 7.44. The van der Waals surface area contributed by atoms with Crippen molar-refractivity contribution in [2.75, 3.05) is 23.5 Å². The first kappa shape index (κ1) is 24.0. The minimum Gasteiger partial charge on any atom is -0.495 e. The van der Waals surface area contributed by atoms with Gasteiger partial charge in [-0.25, -0.2) is 4.39 Å². The zero-order valence-electron chi connectivity index (χ0n) is 19.0. The van der Waals surface area contributed by atoms with Crippen molar-refractivity contribution in [1.29, 1.82) is 0 Å². The minimum atomic E-state index is -0.327. The van der Waals surface area contributed by atoms with Gasteiger partial charge in [0.2, 0.25) is 5.91 Å². The summed E-state index contributed by atoms with van der Waals surface area (Å²) in [6.07, 6.45) is 0. The van der Waals surface area contributed by atoms with Gasteiger partial charge in [-0.3, -0.25) is 9.59 Å². The average molecular weight is 492 g/mol. The summed E-state index contributed by atoms with van der Waals surface area (Å²) in [6, 6.07) is 19.7. The summed E-state index contributed by atoms with van der Waals surface area (Å²) < 4.78 is 20.2. The lowest BCUT2D eigenvalue weighted by Gasteiger charge is -2.10. The Kier molecular flexibility index (Phi) is 7.41. The number of ether oxygens (including phenoxy) is 1. The molecule has 1 aromatic heterocycles. The van der Waals surface area contributed by atoms with Crippen molar-refractivity contribution in [3.05, 3.63) is 84.2 Å². The number of carbonyl (C=O) groups excluding carboxylic acids is 2. The Hall–Kier alpha value is -4.18. The van der Waals surface area contributed by atoms with Gasteiger partial charge in [-0.2, -0.15) is 0 Å². The molecule has 4 aromatic rings. The molecule has 0 aliphatic carbocycles. The van der Waals surface area contributed by atoms with E-state index in [2.05, 4.69) is 20.8 Å². The van der Waals surface area contributed by atoms with E-state index in [9.17, 15) is 14.0 Å². The number of amides is 2. The summed E-state index contributed by atoms with van der Waals surface area (Å²) in [4.78, 5) is 25.0. The highest BCUT2D eigenvalue weighted by Gasteiger charge is 2.14. The molecule has 178 valence electrons. The van der Waals surface area contributed by atoms with Crippen molar-refractivity contribution >= 4 is 35.0 Å². The summed E-state index contributed by atoms with van der Waals surface area (Å²) in [6.45, 7) is 0. The van der Waals surface area contributed by atoms with E-state index >= 15 is 0 Å². The van der Waals surface area contributed by atoms with Crippen LogP contribution in [0.4, 0.5) is 15.8 Å². The molecule has 0 aliphatic heterocycles. The van der Waals surface area contributed by atoms with Crippen LogP contribution >= 0.6 is 11.8 Å². The number of thioether (sulfide) groups is 1. The number of carbonyl (C=O) groups is 2. The van der Waals surface area contributed by atoms with Crippen LogP contribution in [0.1, 0.15) is 10.4 Å². The number of hydrogen-bond acceptors (Lipinski definition) is 6. The maximum atomic E-state index is 13.2. The second kappa shape index (κ2) is 10.8. The predicted molar refractivity (Wildman–Crippen MR) is 133 cm³/mol. The maximum Gasteiger partial charge on any atom is 0.255 e. The number of benzene rings is 3. The van der Waals surface area contributed by atoms with E-state index in [1.807, 2.05) is 6.07 Å². The van der Waals surface area contributed by atoms with Crippen LogP contribution in [0.2, 0.25) is 0 Å². The molecule has 2 N–H and O–H groups in total. The van der Waals surface area contributed by atoms with Gasteiger partial charge < -0.3 is 19.9 Å². The summed E-state index contributed by atoms with van der Waals surface area (Å²) in [5, 5.41) is 14.4. The first-order valence-electron chi connectivity index (χ1n) is 10.6. The van der Waals surface area contributed by atoms with Crippen molar-refractivity contribution in [3.63, 3.8) is 0 Å². The van der Waals surface area contributed by atoms with Gasteiger partial charge >= 0.3 is 0 Å². The van der Waals surface area contributed by atoms with E-state index in [0.29, 0.717) is 33.7 Å². The molecule has 1 heterocycles. The van der Waals surface area contributed by atoms with Gasteiger partial charge in [0, 0.05) is 23.9 Å². The fourth-order valence-electron chi connectivity index (χ4n) is 3.27. The molecular weight excluding hydrogens is 469 g/mol. The second-order valence-corrected chi connectivity index (χ2v) is 8.38. The largest absolute Gasteiger partial charge is 0.495 e. The average Bonchev–Trinajstić information content (AvgIpc) is 3.24. The Balaban J connectivity index is 1.32. The molecule has 4 rings (SSSR count). The minimum absolute atomic E-state index is 0.116. The van der Waals surface area contributed by atoms with Crippen molar-refractivity contribution < 1.29 is 18.7 Å². The van der Waals surface area contributed by atoms with Crippen LogP contribution in [0.15, 0.2) is 78.0 Å². The van der Waals surface area contributed by atoms with Gasteiger partial charge in [-0.1, -0.05) is 23.9 Å². The monoisotopic (exact) mass is 491 g/mol. The lowest BCUT2D eigenvalue weighted by molar-refractivity contribution is -0.113. The molecule has 0 aliphatic rings. The number of nitrogens with zero attached hydrogens (tertiary/aromatic N) is 3. The highest BCUT2D eigenvalue weighted by atomic mass is 32.2. The third-order valence-corrected chi connectivity index (χ3v) is 6.08. The number of para-hydroxylation sites is 2. The smallest absolute Gasteiger partial charge is 0.255 e. The molecule has 0 radical (unpaired) electrons. The Morgan fingerprint density at radius 3 is 2.40 bits per heavy atom. The Morgan fingerprint density at radius 1 is 0.971 bits per heavy atom. The van der Waals surface area contributed by atoms with E-state index in [0.717, 1.165) is 5.56 Å². The van der Waals surface area contributed by atoms with Crippen molar-refractivity contribution in [2.24, 2.45) is 7.05 Å². The molecule has 0 bridgehead atoms. The van der Waals surface area contributed by atoms with Crippen LogP contribution in [0, 0.1) is 5.82 Å². The molecule has 0 fully saturated rings. The zero-order chi connectivity index (χ0) is 24.8. The summed E-state index contributed by atoms with van der Waals surface area (Å²) >= 11 is 1.23. The topological polar surface area (TPSA) is 98.1 Å². The molecule has 2 amide bonds. The number of aromatic nitrogens is 3. The van der Waals surface area contributed by atoms with Crippen molar-refractivity contribution in [1.82, 2.24) is 14.8 Å². The lowest BCUT2D eigenvalue weighted by atomic mass is 10.2. The zero-order valence-corrected chi connectivity index (χ0v) is 19.8. The normalized spacial score (nSPS) is 10.6. The van der Waals surface area contributed by atoms with Crippen LogP contribution in [0.25, 0.3) is 11.4 Å². The van der Waals surface area contributed by atoms with E-state index in [-0.39, 0.29) is 23.4 Å². The first-order chi connectivity index (χ1) is 16.9. The quantitative estimate of drug-likeness (QED) is 0.349. The van der Waals surface area contributed by atoms with E-state index < -0.39 is 0 Å². The van der Waals surface area contributed by atoms with Crippen LogP contribution in [-0.4, -0.2) is 39.4 Å². The molecule has 0 saturated carbocycles. The molecule has 8 nitrogen and oxygen atoms in total. The van der Waals surface area contributed by atoms with Crippen LogP contribution in [0.5, 0.6) is 5.75 Å². The van der Waals surface area contributed by atoms with Crippen LogP contribution < -0.4 is 15.4 Å². The molecular formula is C25H22FN5O3S. The maximum absolute atomic E-state index is 13.2. The van der Waals surface area contributed by atoms with Crippen LogP contribution in [-0.2, 0) is 11.8 Å². The Morgan fingerprint density at radius 2 is 1.69 bits per heavy atom. The Bertz CT molecular complexity index is 1340. The fraction of sp³-hybridized carbons (Fsp3) is 0.120. The van der Waals surface area contributed by atoms with Gasteiger partial charge in [0.05, 0.1) is 18.6 Å². The van der Waals surface area contributed by atoms with Gasteiger partial charge in [0.15, 0.2) is 11.0 Å². The predicted octanol–water partition coefficient (Wildman–Crippen LogP) is 4.61. The van der Waals surface area contributed by atoms with Gasteiger partial charge in [0.25, 0.3) is 5.91 Å². The van der Waals surface area contributed by atoms with E-state index in [1.54, 1.807) is 66.2 Å². The third kappa shape index (κ3) is 5.85. The van der Waals surface area contributed by atoms with Crippen LogP contribution in [0.3, 0.4) is 0 Å². The van der Waals surface area contributed by atoms with Gasteiger partial charge in [0.1, 0.15) is 11.6 Å². The van der Waals surface area contributed by atoms with Crippen molar-refractivity contribution in [2.45, 2.75) is 5.16 Å². The third-order valence-electron chi connectivity index (χ3n) is 5.06. The molecule has 0 spiro atoms. The molecule has 3 aromatic carbocycles.